The Hall–Kier alpha value is -3.16. The fraction of sp³-hybridized carbons (Fsp3) is 0.136. The van der Waals surface area contributed by atoms with Gasteiger partial charge in [-0.05, 0) is 60.5 Å². The first-order chi connectivity index (χ1) is 14.0. The second kappa shape index (κ2) is 7.69. The molecule has 0 radical (unpaired) electrons. The molecule has 0 spiro atoms. The number of nitrogens with two attached hydrogens (primary N) is 1. The second-order valence-corrected chi connectivity index (χ2v) is 8.26. The molecule has 2 aromatic heterocycles. The Balaban J connectivity index is 1.83. The molecule has 2 aromatic carbocycles. The van der Waals surface area contributed by atoms with E-state index < -0.39 is 10.0 Å². The molecule has 0 saturated carbocycles. The van der Waals surface area contributed by atoms with Gasteiger partial charge in [0.25, 0.3) is 0 Å². The largest absolute Gasteiger partial charge is 0.494 e. The third-order valence-corrected chi connectivity index (χ3v) is 5.54. The first-order valence-corrected chi connectivity index (χ1v) is 10.9. The third kappa shape index (κ3) is 3.87. The average molecular weight is 407 g/mol. The maximum atomic E-state index is 11.6. The van der Waals surface area contributed by atoms with Crippen LogP contribution in [0.5, 0.6) is 5.75 Å². The lowest BCUT2D eigenvalue weighted by atomic mass is 10.00. The fourth-order valence-electron chi connectivity index (χ4n) is 3.23. The van der Waals surface area contributed by atoms with Gasteiger partial charge in [0, 0.05) is 17.3 Å². The zero-order valence-corrected chi connectivity index (χ0v) is 16.8. The van der Waals surface area contributed by atoms with Crippen LogP contribution in [0, 0.1) is 0 Å². The molecule has 4 aromatic rings. The van der Waals surface area contributed by atoms with Crippen molar-refractivity contribution in [1.29, 1.82) is 0 Å². The van der Waals surface area contributed by atoms with Gasteiger partial charge in [0.2, 0.25) is 10.0 Å². The van der Waals surface area contributed by atoms with Gasteiger partial charge >= 0.3 is 0 Å². The number of rotatable bonds is 6. The maximum absolute atomic E-state index is 11.6. The molecule has 4 rings (SSSR count). The van der Waals surface area contributed by atoms with Gasteiger partial charge in [-0.1, -0.05) is 25.1 Å². The molecule has 0 atom stereocenters. The van der Waals surface area contributed by atoms with Crippen LogP contribution in [-0.2, 0) is 10.0 Å². The van der Waals surface area contributed by atoms with Gasteiger partial charge < -0.3 is 4.74 Å². The van der Waals surface area contributed by atoms with Crippen LogP contribution in [-0.4, -0.2) is 24.6 Å². The minimum absolute atomic E-state index is 0.0803. The minimum Gasteiger partial charge on any atom is -0.494 e. The number of pyridine rings is 1. The van der Waals surface area contributed by atoms with Gasteiger partial charge in [-0.25, -0.2) is 18.1 Å². The molecular formula is C22H21N3O3S. The molecule has 0 aliphatic heterocycles. The number of sulfonamides is 1. The lowest BCUT2D eigenvalue weighted by molar-refractivity contribution is 0.317. The molecule has 29 heavy (non-hydrogen) atoms. The molecule has 2 heterocycles. The first kappa shape index (κ1) is 19.2. The van der Waals surface area contributed by atoms with Crippen LogP contribution >= 0.6 is 0 Å². The Morgan fingerprint density at radius 2 is 1.66 bits per heavy atom. The number of aromatic nitrogens is 2. The zero-order valence-electron chi connectivity index (χ0n) is 15.9. The zero-order chi connectivity index (χ0) is 20.4. The van der Waals surface area contributed by atoms with E-state index >= 15 is 0 Å². The normalized spacial score (nSPS) is 11.7. The summed E-state index contributed by atoms with van der Waals surface area (Å²) in [5.74, 6) is 0.818. The van der Waals surface area contributed by atoms with Crippen LogP contribution in [0.15, 0.2) is 77.8 Å². The predicted molar refractivity (Wildman–Crippen MR) is 113 cm³/mol. The molecule has 6 nitrogen and oxygen atoms in total. The van der Waals surface area contributed by atoms with E-state index in [9.17, 15) is 8.42 Å². The molecule has 0 unspecified atom stereocenters. The highest BCUT2D eigenvalue weighted by Gasteiger charge is 2.17. The summed E-state index contributed by atoms with van der Waals surface area (Å²) in [6, 6.07) is 20.2. The van der Waals surface area contributed by atoms with Gasteiger partial charge in [-0.2, -0.15) is 5.10 Å². The quantitative estimate of drug-likeness (QED) is 0.521. The summed E-state index contributed by atoms with van der Waals surface area (Å²) in [7, 11) is -3.74. The molecule has 148 valence electrons. The summed E-state index contributed by atoms with van der Waals surface area (Å²) >= 11 is 0. The van der Waals surface area contributed by atoms with Crippen molar-refractivity contribution in [2.45, 2.75) is 18.2 Å². The Morgan fingerprint density at radius 3 is 2.31 bits per heavy atom. The Bertz CT molecular complexity index is 1240. The number of hydrogen-bond acceptors (Lipinski definition) is 4. The molecule has 0 aliphatic carbocycles. The summed E-state index contributed by atoms with van der Waals surface area (Å²) in [5, 5.41) is 9.98. The summed E-state index contributed by atoms with van der Waals surface area (Å²) < 4.78 is 30.7. The van der Waals surface area contributed by atoms with E-state index in [0.717, 1.165) is 40.1 Å². The number of ether oxygens (including phenoxy) is 1. The number of benzene rings is 2. The average Bonchev–Trinajstić information content (AvgIpc) is 3.11. The summed E-state index contributed by atoms with van der Waals surface area (Å²) in [6.07, 6.45) is 2.84. The van der Waals surface area contributed by atoms with Crippen molar-refractivity contribution < 1.29 is 13.2 Å². The number of fused-ring (bicyclic) bond motifs is 1. The first-order valence-electron chi connectivity index (χ1n) is 9.31. The van der Waals surface area contributed by atoms with E-state index in [2.05, 4.69) is 6.92 Å². The Morgan fingerprint density at radius 1 is 0.966 bits per heavy atom. The highest BCUT2D eigenvalue weighted by Crippen LogP contribution is 2.36. The topological polar surface area (TPSA) is 86.7 Å². The lowest BCUT2D eigenvalue weighted by Crippen LogP contribution is -2.11. The summed E-state index contributed by atoms with van der Waals surface area (Å²) in [6.45, 7) is 2.74. The molecular weight excluding hydrogens is 386 g/mol. The van der Waals surface area contributed by atoms with Crippen molar-refractivity contribution in [2.75, 3.05) is 6.61 Å². The van der Waals surface area contributed by atoms with Crippen molar-refractivity contribution >= 4 is 15.5 Å². The Kier molecular flexibility index (Phi) is 5.08. The monoisotopic (exact) mass is 407 g/mol. The SMILES string of the molecule is CCCOc1ccc(-c2nn3ccccc3c2-c2ccc(S(N)(=O)=O)cc2)cc1. The molecule has 0 aliphatic rings. The predicted octanol–water partition coefficient (Wildman–Crippen LogP) is 4.10. The standard InChI is InChI=1S/C22H21N3O3S/c1-2-15-28-18-10-6-17(7-11-18)22-21(20-5-3-4-14-25(20)24-22)16-8-12-19(13-9-16)29(23,26)27/h3-14H,2,15H2,1H3,(H2,23,26,27). The van der Waals surface area contributed by atoms with Crippen molar-refractivity contribution in [3.63, 3.8) is 0 Å². The highest BCUT2D eigenvalue weighted by molar-refractivity contribution is 7.89. The van der Waals surface area contributed by atoms with Gasteiger partial charge in [-0.3, -0.25) is 0 Å². The van der Waals surface area contributed by atoms with Crippen LogP contribution in [0.25, 0.3) is 27.9 Å². The van der Waals surface area contributed by atoms with Gasteiger partial charge in [0.1, 0.15) is 11.4 Å². The van der Waals surface area contributed by atoms with Crippen molar-refractivity contribution in [3.05, 3.63) is 72.9 Å². The van der Waals surface area contributed by atoms with E-state index in [1.54, 1.807) is 12.1 Å². The molecule has 0 fully saturated rings. The molecule has 0 amide bonds. The minimum atomic E-state index is -3.74. The van der Waals surface area contributed by atoms with Gasteiger partial charge in [-0.15, -0.1) is 0 Å². The van der Waals surface area contributed by atoms with Crippen LogP contribution in [0.4, 0.5) is 0 Å². The van der Waals surface area contributed by atoms with Crippen molar-refractivity contribution in [3.8, 4) is 28.1 Å². The number of nitrogens with zero attached hydrogens (tertiary/aromatic N) is 2. The number of hydrogen-bond donors (Lipinski definition) is 1. The van der Waals surface area contributed by atoms with E-state index in [4.69, 9.17) is 15.0 Å². The number of primary sulfonamides is 1. The Labute approximate surface area is 169 Å². The van der Waals surface area contributed by atoms with E-state index in [1.165, 1.54) is 12.1 Å². The summed E-state index contributed by atoms with van der Waals surface area (Å²) in [5.41, 5.74) is 4.47. The smallest absolute Gasteiger partial charge is 0.238 e. The molecule has 0 bridgehead atoms. The third-order valence-electron chi connectivity index (χ3n) is 4.61. The van der Waals surface area contributed by atoms with E-state index in [0.29, 0.717) is 6.61 Å². The van der Waals surface area contributed by atoms with Gasteiger partial charge in [0.15, 0.2) is 0 Å². The van der Waals surface area contributed by atoms with Crippen LogP contribution in [0.2, 0.25) is 0 Å². The fourth-order valence-corrected chi connectivity index (χ4v) is 3.74. The molecule has 0 saturated heterocycles. The van der Waals surface area contributed by atoms with Crippen molar-refractivity contribution in [1.82, 2.24) is 9.61 Å². The van der Waals surface area contributed by atoms with E-state index in [-0.39, 0.29) is 4.90 Å². The molecule has 2 N–H and O–H groups in total. The maximum Gasteiger partial charge on any atom is 0.238 e. The lowest BCUT2D eigenvalue weighted by Gasteiger charge is -2.07. The van der Waals surface area contributed by atoms with Crippen LogP contribution < -0.4 is 9.88 Å². The van der Waals surface area contributed by atoms with Crippen molar-refractivity contribution in [2.24, 2.45) is 5.14 Å². The van der Waals surface area contributed by atoms with Gasteiger partial charge in [0.05, 0.1) is 17.0 Å². The summed E-state index contributed by atoms with van der Waals surface area (Å²) in [4.78, 5) is 0.0803. The molecule has 7 heteroatoms. The van der Waals surface area contributed by atoms with Crippen LogP contribution in [0.1, 0.15) is 13.3 Å². The van der Waals surface area contributed by atoms with Crippen LogP contribution in [0.3, 0.4) is 0 Å². The van der Waals surface area contributed by atoms with E-state index in [1.807, 2.05) is 53.2 Å². The highest BCUT2D eigenvalue weighted by atomic mass is 32.2. The second-order valence-electron chi connectivity index (χ2n) is 6.70.